The minimum absolute atomic E-state index is 0.0438. The maximum Gasteiger partial charge on any atom is 0.188 e. The van der Waals surface area contributed by atoms with Gasteiger partial charge in [0.2, 0.25) is 0 Å². The van der Waals surface area contributed by atoms with Gasteiger partial charge < -0.3 is 9.47 Å². The molecule has 2 rings (SSSR count). The molecule has 0 fully saturated rings. The molecule has 0 aliphatic carbocycles. The van der Waals surface area contributed by atoms with Crippen molar-refractivity contribution in [2.45, 2.75) is 26.9 Å². The number of hydrogen-bond acceptors (Lipinski definition) is 2. The highest BCUT2D eigenvalue weighted by atomic mass is 31.1. The molecule has 4 heteroatoms. The molecule has 24 heavy (non-hydrogen) atoms. The summed E-state index contributed by atoms with van der Waals surface area (Å²) in [5, 5.41) is 2.75. The summed E-state index contributed by atoms with van der Waals surface area (Å²) in [7, 11) is 2.31. The second-order valence-electron chi connectivity index (χ2n) is 6.48. The van der Waals surface area contributed by atoms with Crippen molar-refractivity contribution >= 4 is 27.1 Å². The molecule has 1 atom stereocenters. The Kier molecular flexibility index (Phi) is 7.23. The minimum Gasteiger partial charge on any atom is -0.467 e. The number of benzene rings is 2. The van der Waals surface area contributed by atoms with Crippen LogP contribution in [0.3, 0.4) is 0 Å². The van der Waals surface area contributed by atoms with E-state index in [0.29, 0.717) is 8.58 Å². The number of aryl methyl sites for hydroxylation is 3. The van der Waals surface area contributed by atoms with Gasteiger partial charge in [0, 0.05) is 12.4 Å². The van der Waals surface area contributed by atoms with Crippen molar-refractivity contribution in [3.63, 3.8) is 0 Å². The first-order chi connectivity index (χ1) is 11.4. The molecular weight excluding hydrogens is 334 g/mol. The van der Waals surface area contributed by atoms with E-state index in [0.717, 1.165) is 5.75 Å². The fourth-order valence-electron chi connectivity index (χ4n) is 2.87. The maximum absolute atomic E-state index is 5.89. The van der Waals surface area contributed by atoms with Crippen LogP contribution in [0, 0.1) is 20.8 Å². The largest absolute Gasteiger partial charge is 0.467 e. The van der Waals surface area contributed by atoms with Crippen LogP contribution in [0.1, 0.15) is 22.3 Å². The second-order valence-corrected chi connectivity index (χ2v) is 10.2. The van der Waals surface area contributed by atoms with E-state index in [-0.39, 0.29) is 14.7 Å². The standard InChI is InChI=1S/C20H28O2P2/c1-14-10-16(3)19(22-13-21-4)18(11-14)23-20-15(2)8-7-9-17(20)12-24(5)6/h7-11,23H,12-13H2,1-6H3. The van der Waals surface area contributed by atoms with Crippen molar-refractivity contribution in [3.05, 3.63) is 52.6 Å². The first-order valence-electron chi connectivity index (χ1n) is 8.15. The topological polar surface area (TPSA) is 18.5 Å². The molecule has 0 saturated carbocycles. The van der Waals surface area contributed by atoms with Crippen LogP contribution in [0.2, 0.25) is 0 Å². The quantitative estimate of drug-likeness (QED) is 0.535. The Morgan fingerprint density at radius 2 is 1.79 bits per heavy atom. The molecule has 0 N–H and O–H groups in total. The number of methoxy groups -OCH3 is 1. The molecule has 0 aliphatic heterocycles. The molecule has 1 unspecified atom stereocenters. The molecule has 2 nitrogen and oxygen atoms in total. The SMILES string of the molecule is COCOc1c(C)cc(C)cc1Pc1c(C)cccc1CP(C)C. The summed E-state index contributed by atoms with van der Waals surface area (Å²) in [6, 6.07) is 11.1. The van der Waals surface area contributed by atoms with Crippen molar-refractivity contribution in [3.8, 4) is 5.75 Å². The molecule has 0 aromatic heterocycles. The van der Waals surface area contributed by atoms with Gasteiger partial charge >= 0.3 is 0 Å². The van der Waals surface area contributed by atoms with Gasteiger partial charge in [0.05, 0.1) is 0 Å². The highest BCUT2D eigenvalue weighted by molar-refractivity contribution is 7.57. The third-order valence-corrected chi connectivity index (χ3v) is 6.42. The van der Waals surface area contributed by atoms with Gasteiger partial charge in [-0.05, 0) is 73.9 Å². The Hall–Kier alpha value is -0.940. The predicted molar refractivity (Wildman–Crippen MR) is 110 cm³/mol. The zero-order valence-corrected chi connectivity index (χ0v) is 17.5. The lowest BCUT2D eigenvalue weighted by Gasteiger charge is -2.18. The van der Waals surface area contributed by atoms with Gasteiger partial charge in [-0.2, -0.15) is 0 Å². The van der Waals surface area contributed by atoms with Gasteiger partial charge in [-0.15, -0.1) is 7.92 Å². The van der Waals surface area contributed by atoms with Gasteiger partial charge in [-0.25, -0.2) is 0 Å². The summed E-state index contributed by atoms with van der Waals surface area (Å²) in [5.74, 6) is 0.977. The van der Waals surface area contributed by atoms with E-state index in [2.05, 4.69) is 64.4 Å². The summed E-state index contributed by atoms with van der Waals surface area (Å²) >= 11 is 0. The average molecular weight is 362 g/mol. The third-order valence-electron chi connectivity index (χ3n) is 3.85. The number of hydrogen-bond donors (Lipinski definition) is 0. The second kappa shape index (κ2) is 8.95. The van der Waals surface area contributed by atoms with Gasteiger partial charge in [-0.3, -0.25) is 0 Å². The molecule has 0 radical (unpaired) electrons. The van der Waals surface area contributed by atoms with Gasteiger partial charge in [0.1, 0.15) is 5.75 Å². The average Bonchev–Trinajstić information content (AvgIpc) is 2.49. The predicted octanol–water partition coefficient (Wildman–Crippen LogP) is 4.47. The van der Waals surface area contributed by atoms with Crippen LogP contribution in [0.25, 0.3) is 0 Å². The summed E-state index contributed by atoms with van der Waals surface area (Å²) in [4.78, 5) is 0. The van der Waals surface area contributed by atoms with Crippen LogP contribution in [0.15, 0.2) is 30.3 Å². The van der Waals surface area contributed by atoms with Crippen LogP contribution in [-0.4, -0.2) is 27.2 Å². The first-order valence-corrected chi connectivity index (χ1v) is 11.6. The molecule has 0 saturated heterocycles. The molecule has 0 spiro atoms. The van der Waals surface area contributed by atoms with Crippen LogP contribution in [0.5, 0.6) is 5.75 Å². The monoisotopic (exact) mass is 362 g/mol. The third kappa shape index (κ3) is 5.03. The number of ether oxygens (including phenoxy) is 2. The lowest BCUT2D eigenvalue weighted by molar-refractivity contribution is 0.0514. The Labute approximate surface area is 149 Å². The number of rotatable bonds is 7. The Morgan fingerprint density at radius 1 is 1.04 bits per heavy atom. The van der Waals surface area contributed by atoms with E-state index < -0.39 is 0 Å². The van der Waals surface area contributed by atoms with E-state index in [4.69, 9.17) is 9.47 Å². The van der Waals surface area contributed by atoms with Gasteiger partial charge in [-0.1, -0.05) is 32.8 Å². The zero-order chi connectivity index (χ0) is 17.7. The van der Waals surface area contributed by atoms with Crippen molar-refractivity contribution in [2.24, 2.45) is 0 Å². The molecular formula is C20H28O2P2. The molecule has 2 aromatic carbocycles. The van der Waals surface area contributed by atoms with Crippen molar-refractivity contribution in [2.75, 3.05) is 27.2 Å². The smallest absolute Gasteiger partial charge is 0.188 e. The molecule has 2 aromatic rings. The normalized spacial score (nSPS) is 11.6. The molecule has 0 aliphatic rings. The van der Waals surface area contributed by atoms with E-state index >= 15 is 0 Å². The Balaban J connectivity index is 2.44. The summed E-state index contributed by atoms with van der Waals surface area (Å²) in [6.45, 7) is 11.5. The maximum atomic E-state index is 5.89. The molecule has 130 valence electrons. The lowest BCUT2D eigenvalue weighted by Crippen LogP contribution is -2.16. The molecule has 0 heterocycles. The molecule has 0 amide bonds. The highest BCUT2D eigenvalue weighted by Gasteiger charge is 2.14. The van der Waals surface area contributed by atoms with Crippen molar-refractivity contribution in [1.29, 1.82) is 0 Å². The van der Waals surface area contributed by atoms with Gasteiger partial charge in [0.15, 0.2) is 6.79 Å². The zero-order valence-electron chi connectivity index (χ0n) is 15.6. The Morgan fingerprint density at radius 3 is 2.46 bits per heavy atom. The summed E-state index contributed by atoms with van der Waals surface area (Å²) in [5.41, 5.74) is 5.32. The van der Waals surface area contributed by atoms with Crippen LogP contribution in [0.4, 0.5) is 0 Å². The van der Waals surface area contributed by atoms with Crippen molar-refractivity contribution < 1.29 is 9.47 Å². The highest BCUT2D eigenvalue weighted by Crippen LogP contribution is 2.33. The minimum atomic E-state index is 0.0438. The van der Waals surface area contributed by atoms with Crippen LogP contribution >= 0.6 is 16.5 Å². The van der Waals surface area contributed by atoms with E-state index in [1.807, 2.05) is 0 Å². The van der Waals surface area contributed by atoms with E-state index in [1.54, 1.807) is 7.11 Å². The Bertz CT molecular complexity index is 696. The fourth-order valence-corrected chi connectivity index (χ4v) is 5.53. The van der Waals surface area contributed by atoms with E-state index in [9.17, 15) is 0 Å². The fraction of sp³-hybridized carbons (Fsp3) is 0.400. The van der Waals surface area contributed by atoms with Gasteiger partial charge in [0.25, 0.3) is 0 Å². The van der Waals surface area contributed by atoms with Crippen molar-refractivity contribution in [1.82, 2.24) is 0 Å². The van der Waals surface area contributed by atoms with Crippen LogP contribution in [-0.2, 0) is 10.9 Å². The summed E-state index contributed by atoms with van der Waals surface area (Å²) < 4.78 is 11.0. The molecule has 0 bridgehead atoms. The summed E-state index contributed by atoms with van der Waals surface area (Å²) in [6.07, 6.45) is 1.18. The van der Waals surface area contributed by atoms with E-state index in [1.165, 1.54) is 39.0 Å². The lowest BCUT2D eigenvalue weighted by atomic mass is 10.1. The van der Waals surface area contributed by atoms with Crippen LogP contribution < -0.4 is 15.3 Å². The first kappa shape index (κ1) is 19.4.